The van der Waals surface area contributed by atoms with Gasteiger partial charge in [-0.05, 0) is 31.9 Å². The van der Waals surface area contributed by atoms with E-state index in [0.717, 1.165) is 30.5 Å². The van der Waals surface area contributed by atoms with Gasteiger partial charge in [-0.2, -0.15) is 0 Å². The molecule has 1 saturated heterocycles. The Labute approximate surface area is 180 Å². The van der Waals surface area contributed by atoms with Crippen LogP contribution < -0.4 is 30.9 Å². The summed E-state index contributed by atoms with van der Waals surface area (Å²) in [4.78, 5) is 45.2. The summed E-state index contributed by atoms with van der Waals surface area (Å²) in [5, 5.41) is 3.48. The zero-order chi connectivity index (χ0) is 21.5. The van der Waals surface area contributed by atoms with E-state index < -0.39 is 11.6 Å². The van der Waals surface area contributed by atoms with E-state index in [4.69, 9.17) is 9.47 Å². The molecule has 4 heterocycles. The Kier molecular flexibility index (Phi) is 4.89. The number of fused-ring (bicyclic) bond motifs is 2. The predicted octanol–water partition coefficient (Wildman–Crippen LogP) is 1.61. The molecule has 2 aromatic heterocycles. The summed E-state index contributed by atoms with van der Waals surface area (Å²) in [6, 6.07) is 5.08. The molecule has 162 valence electrons. The van der Waals surface area contributed by atoms with Gasteiger partial charge in [0.2, 0.25) is 12.7 Å². The Morgan fingerprint density at radius 2 is 1.94 bits per heavy atom. The SMILES string of the molecule is CCn1c(=O)c2sc(N3CCCC3)nc2n(CC(=O)Nc2ccc3c(c2)OCO3)c1=O. The lowest BCUT2D eigenvalue weighted by atomic mass is 10.3. The summed E-state index contributed by atoms with van der Waals surface area (Å²) in [7, 11) is 0. The summed E-state index contributed by atoms with van der Waals surface area (Å²) in [5.41, 5.74) is -0.122. The monoisotopic (exact) mass is 443 g/mol. The van der Waals surface area contributed by atoms with Crippen molar-refractivity contribution in [2.45, 2.75) is 32.9 Å². The van der Waals surface area contributed by atoms with Crippen LogP contribution in [0.5, 0.6) is 11.5 Å². The molecule has 0 aliphatic carbocycles. The van der Waals surface area contributed by atoms with Crippen LogP contribution in [-0.2, 0) is 17.9 Å². The largest absolute Gasteiger partial charge is 0.454 e. The maximum absolute atomic E-state index is 13.0. The van der Waals surface area contributed by atoms with Crippen LogP contribution >= 0.6 is 11.3 Å². The van der Waals surface area contributed by atoms with Crippen LogP contribution in [0.15, 0.2) is 27.8 Å². The van der Waals surface area contributed by atoms with Crippen molar-refractivity contribution in [2.75, 3.05) is 30.1 Å². The fraction of sp³-hybridized carbons (Fsp3) is 0.400. The van der Waals surface area contributed by atoms with Crippen molar-refractivity contribution in [1.29, 1.82) is 0 Å². The molecule has 10 nitrogen and oxygen atoms in total. The summed E-state index contributed by atoms with van der Waals surface area (Å²) < 4.78 is 13.4. The number of anilines is 2. The maximum atomic E-state index is 13.0. The van der Waals surface area contributed by atoms with E-state index in [1.165, 1.54) is 15.9 Å². The maximum Gasteiger partial charge on any atom is 0.333 e. The minimum absolute atomic E-state index is 0.141. The number of benzene rings is 1. The van der Waals surface area contributed by atoms with Crippen LogP contribution in [0.4, 0.5) is 10.8 Å². The van der Waals surface area contributed by atoms with Gasteiger partial charge in [-0.1, -0.05) is 11.3 Å². The normalized spacial score (nSPS) is 15.1. The molecule has 1 N–H and O–H groups in total. The van der Waals surface area contributed by atoms with E-state index in [-0.39, 0.29) is 31.1 Å². The summed E-state index contributed by atoms with van der Waals surface area (Å²) in [5.74, 6) is 0.758. The van der Waals surface area contributed by atoms with Crippen LogP contribution in [0.1, 0.15) is 19.8 Å². The molecule has 2 aliphatic heterocycles. The van der Waals surface area contributed by atoms with Gasteiger partial charge in [-0.15, -0.1) is 0 Å². The topological polar surface area (TPSA) is 108 Å². The van der Waals surface area contributed by atoms with Crippen molar-refractivity contribution >= 4 is 38.4 Å². The first-order chi connectivity index (χ1) is 15.0. The Hall–Kier alpha value is -3.34. The van der Waals surface area contributed by atoms with Gasteiger partial charge >= 0.3 is 5.69 Å². The standard InChI is InChI=1S/C20H21N5O5S/c1-2-24-18(27)16-17(22-19(31-16)23-7-3-4-8-23)25(20(24)28)10-15(26)21-12-5-6-13-14(9-12)30-11-29-13/h5-6,9H,2-4,7-8,10-11H2,1H3,(H,21,26). The fourth-order valence-corrected chi connectivity index (χ4v) is 4.92. The van der Waals surface area contributed by atoms with Crippen molar-refractivity contribution in [3.05, 3.63) is 39.0 Å². The minimum atomic E-state index is -0.542. The number of ether oxygens (including phenoxy) is 2. The Morgan fingerprint density at radius 1 is 1.16 bits per heavy atom. The van der Waals surface area contributed by atoms with Gasteiger partial charge in [0.1, 0.15) is 11.2 Å². The molecular weight excluding hydrogens is 422 g/mol. The molecule has 0 spiro atoms. The lowest BCUT2D eigenvalue weighted by Gasteiger charge is -2.12. The van der Waals surface area contributed by atoms with E-state index in [0.29, 0.717) is 27.0 Å². The first-order valence-electron chi connectivity index (χ1n) is 10.1. The molecule has 1 fully saturated rings. The average molecular weight is 443 g/mol. The number of amides is 1. The van der Waals surface area contributed by atoms with Gasteiger partial charge in [-0.25, -0.2) is 9.78 Å². The highest BCUT2D eigenvalue weighted by molar-refractivity contribution is 7.22. The van der Waals surface area contributed by atoms with E-state index in [1.54, 1.807) is 25.1 Å². The average Bonchev–Trinajstić information content (AvgIpc) is 3.51. The molecule has 3 aromatic rings. The molecule has 5 rings (SSSR count). The number of hydrogen-bond acceptors (Lipinski definition) is 8. The molecule has 2 aliphatic rings. The van der Waals surface area contributed by atoms with Crippen LogP contribution in [0.2, 0.25) is 0 Å². The van der Waals surface area contributed by atoms with Crippen molar-refractivity contribution < 1.29 is 14.3 Å². The van der Waals surface area contributed by atoms with E-state index in [1.807, 2.05) is 0 Å². The van der Waals surface area contributed by atoms with E-state index in [9.17, 15) is 14.4 Å². The Morgan fingerprint density at radius 3 is 2.71 bits per heavy atom. The Bertz CT molecular complexity index is 1290. The van der Waals surface area contributed by atoms with Gasteiger partial charge in [0.15, 0.2) is 22.3 Å². The van der Waals surface area contributed by atoms with Crippen LogP contribution in [0.25, 0.3) is 10.3 Å². The number of hydrogen-bond donors (Lipinski definition) is 1. The Balaban J connectivity index is 1.49. The number of carbonyl (C=O) groups is 1. The quantitative estimate of drug-likeness (QED) is 0.638. The molecule has 0 saturated carbocycles. The summed E-state index contributed by atoms with van der Waals surface area (Å²) in [6.45, 7) is 3.57. The smallest absolute Gasteiger partial charge is 0.333 e. The van der Waals surface area contributed by atoms with Crippen molar-refractivity contribution in [1.82, 2.24) is 14.1 Å². The minimum Gasteiger partial charge on any atom is -0.454 e. The predicted molar refractivity (Wildman–Crippen MR) is 116 cm³/mol. The highest BCUT2D eigenvalue weighted by Gasteiger charge is 2.23. The second-order valence-electron chi connectivity index (χ2n) is 7.38. The fourth-order valence-electron chi connectivity index (χ4n) is 3.85. The first-order valence-corrected chi connectivity index (χ1v) is 11.0. The molecule has 0 atom stereocenters. The van der Waals surface area contributed by atoms with Gasteiger partial charge in [0.25, 0.3) is 5.56 Å². The highest BCUT2D eigenvalue weighted by atomic mass is 32.1. The third-order valence-corrected chi connectivity index (χ3v) is 6.50. The summed E-state index contributed by atoms with van der Waals surface area (Å²) >= 11 is 1.28. The summed E-state index contributed by atoms with van der Waals surface area (Å²) in [6.07, 6.45) is 2.14. The van der Waals surface area contributed by atoms with Gasteiger partial charge in [0.05, 0.1) is 0 Å². The molecule has 31 heavy (non-hydrogen) atoms. The van der Waals surface area contributed by atoms with Crippen LogP contribution in [0, 0.1) is 0 Å². The first kappa shape index (κ1) is 19.6. The molecule has 0 bridgehead atoms. The molecule has 1 amide bonds. The lowest BCUT2D eigenvalue weighted by molar-refractivity contribution is -0.116. The number of carbonyl (C=O) groups excluding carboxylic acids is 1. The molecule has 1 aromatic carbocycles. The number of aromatic nitrogens is 3. The second-order valence-corrected chi connectivity index (χ2v) is 8.36. The van der Waals surface area contributed by atoms with E-state index in [2.05, 4.69) is 15.2 Å². The number of nitrogens with one attached hydrogen (secondary N) is 1. The lowest BCUT2D eigenvalue weighted by Crippen LogP contribution is -2.41. The highest BCUT2D eigenvalue weighted by Crippen LogP contribution is 2.34. The molecule has 0 unspecified atom stereocenters. The van der Waals surface area contributed by atoms with Crippen LogP contribution in [0.3, 0.4) is 0 Å². The third kappa shape index (κ3) is 3.44. The molecular formula is C20H21N5O5S. The van der Waals surface area contributed by atoms with Crippen LogP contribution in [-0.4, -0.2) is 39.9 Å². The van der Waals surface area contributed by atoms with Gasteiger partial charge in [-0.3, -0.25) is 18.7 Å². The zero-order valence-electron chi connectivity index (χ0n) is 16.9. The number of thiazole rings is 1. The van der Waals surface area contributed by atoms with Crippen molar-refractivity contribution in [3.63, 3.8) is 0 Å². The molecule has 0 radical (unpaired) electrons. The van der Waals surface area contributed by atoms with E-state index >= 15 is 0 Å². The molecule has 11 heteroatoms. The van der Waals surface area contributed by atoms with Crippen molar-refractivity contribution in [3.8, 4) is 11.5 Å². The second kappa shape index (κ2) is 7.73. The van der Waals surface area contributed by atoms with Gasteiger partial charge in [0, 0.05) is 31.4 Å². The van der Waals surface area contributed by atoms with Gasteiger partial charge < -0.3 is 19.7 Å². The van der Waals surface area contributed by atoms with Crippen molar-refractivity contribution in [2.24, 2.45) is 0 Å². The number of nitrogens with zero attached hydrogens (tertiary/aromatic N) is 4. The number of rotatable bonds is 5. The third-order valence-electron chi connectivity index (χ3n) is 5.41. The zero-order valence-corrected chi connectivity index (χ0v) is 17.7.